The van der Waals surface area contributed by atoms with E-state index in [9.17, 15) is 14.7 Å². The summed E-state index contributed by atoms with van der Waals surface area (Å²) < 4.78 is 5.40. The van der Waals surface area contributed by atoms with Gasteiger partial charge < -0.3 is 9.84 Å². The number of ether oxygens (including phenoxy) is 1. The van der Waals surface area contributed by atoms with Gasteiger partial charge in [0.25, 0.3) is 11.8 Å². The van der Waals surface area contributed by atoms with E-state index in [1.54, 1.807) is 42.5 Å². The standard InChI is InChI=1S/C22H19ClN2O4S2/c1-4-5-14-9-13(10-17(29-3)19(14)26)11-18-21(28)25(22(30)31-18)24-20(27)15-7-6-12(2)8-16(15)23/h4,6-11,26H,1,5H2,2-3H3,(H,24,27)/b18-11-. The van der Waals surface area contributed by atoms with Crippen LogP contribution in [0.2, 0.25) is 5.02 Å². The minimum Gasteiger partial charge on any atom is -0.504 e. The number of carbonyl (C=O) groups excluding carboxylic acids is 2. The first kappa shape index (κ1) is 22.9. The van der Waals surface area contributed by atoms with E-state index >= 15 is 0 Å². The second kappa shape index (κ2) is 9.55. The fourth-order valence-electron chi connectivity index (χ4n) is 2.92. The molecule has 0 aliphatic carbocycles. The lowest BCUT2D eigenvalue weighted by molar-refractivity contribution is -0.123. The molecule has 1 aliphatic heterocycles. The summed E-state index contributed by atoms with van der Waals surface area (Å²) in [7, 11) is 1.45. The molecule has 0 radical (unpaired) electrons. The molecule has 3 rings (SSSR count). The van der Waals surface area contributed by atoms with E-state index in [-0.39, 0.29) is 26.4 Å². The minimum absolute atomic E-state index is 0.0225. The van der Waals surface area contributed by atoms with Crippen LogP contribution in [-0.4, -0.2) is 33.4 Å². The molecule has 0 unspecified atom stereocenters. The molecule has 6 nitrogen and oxygen atoms in total. The zero-order valence-electron chi connectivity index (χ0n) is 16.8. The highest BCUT2D eigenvalue weighted by Gasteiger charge is 2.34. The number of methoxy groups -OCH3 is 1. The van der Waals surface area contributed by atoms with Crippen molar-refractivity contribution in [1.29, 1.82) is 0 Å². The molecule has 2 amide bonds. The fourth-order valence-corrected chi connectivity index (χ4v) is 4.42. The molecule has 1 aliphatic rings. The molecule has 31 heavy (non-hydrogen) atoms. The molecule has 2 aromatic rings. The summed E-state index contributed by atoms with van der Waals surface area (Å²) >= 11 is 12.5. The van der Waals surface area contributed by atoms with Crippen molar-refractivity contribution in [2.24, 2.45) is 0 Å². The molecule has 0 aromatic heterocycles. The van der Waals surface area contributed by atoms with Gasteiger partial charge in [0.05, 0.1) is 22.6 Å². The zero-order chi connectivity index (χ0) is 22.7. The van der Waals surface area contributed by atoms with E-state index < -0.39 is 11.8 Å². The predicted octanol–water partition coefficient (Wildman–Crippen LogP) is 4.64. The number of nitrogens with one attached hydrogen (secondary N) is 1. The Kier molecular flexibility index (Phi) is 7.04. The Balaban J connectivity index is 1.86. The number of hydrogen-bond acceptors (Lipinski definition) is 6. The number of allylic oxidation sites excluding steroid dienone is 1. The molecule has 9 heteroatoms. The molecular formula is C22H19ClN2O4S2. The van der Waals surface area contributed by atoms with E-state index in [2.05, 4.69) is 12.0 Å². The summed E-state index contributed by atoms with van der Waals surface area (Å²) in [5, 5.41) is 11.5. The van der Waals surface area contributed by atoms with Gasteiger partial charge >= 0.3 is 0 Å². The number of rotatable bonds is 6. The molecule has 0 bridgehead atoms. The third-order valence-corrected chi connectivity index (χ3v) is 6.05. The number of carbonyl (C=O) groups is 2. The number of thioether (sulfide) groups is 1. The molecule has 2 aromatic carbocycles. The maximum Gasteiger partial charge on any atom is 0.285 e. The summed E-state index contributed by atoms with van der Waals surface area (Å²) in [6.07, 6.45) is 3.71. The highest BCUT2D eigenvalue weighted by atomic mass is 35.5. The Morgan fingerprint density at radius 2 is 2.13 bits per heavy atom. The topological polar surface area (TPSA) is 78.9 Å². The molecule has 0 saturated carbocycles. The lowest BCUT2D eigenvalue weighted by atomic mass is 10.1. The van der Waals surface area contributed by atoms with Gasteiger partial charge in [-0.25, -0.2) is 0 Å². The van der Waals surface area contributed by atoms with Gasteiger partial charge in [-0.3, -0.25) is 15.0 Å². The minimum atomic E-state index is -0.540. The Morgan fingerprint density at radius 1 is 1.39 bits per heavy atom. The average molecular weight is 475 g/mol. The van der Waals surface area contributed by atoms with Crippen molar-refractivity contribution < 1.29 is 19.4 Å². The first-order chi connectivity index (χ1) is 14.7. The lowest BCUT2D eigenvalue weighted by Gasteiger charge is -2.16. The van der Waals surface area contributed by atoms with E-state index in [4.69, 9.17) is 28.6 Å². The number of hydrazine groups is 1. The number of nitrogens with zero attached hydrogens (tertiary/aromatic N) is 1. The van der Waals surface area contributed by atoms with Crippen LogP contribution in [0.25, 0.3) is 6.08 Å². The van der Waals surface area contributed by atoms with E-state index in [0.29, 0.717) is 22.5 Å². The van der Waals surface area contributed by atoms with Crippen LogP contribution in [0.4, 0.5) is 0 Å². The number of thiocarbonyl (C=S) groups is 1. The summed E-state index contributed by atoms with van der Waals surface area (Å²) in [4.78, 5) is 25.8. The number of aryl methyl sites for hydroxylation is 1. The molecule has 160 valence electrons. The first-order valence-corrected chi connectivity index (χ1v) is 10.7. The third kappa shape index (κ3) is 4.92. The van der Waals surface area contributed by atoms with Gasteiger partial charge in [-0.2, -0.15) is 5.01 Å². The maximum atomic E-state index is 12.9. The zero-order valence-corrected chi connectivity index (χ0v) is 19.2. The molecule has 1 fully saturated rings. The second-order valence-corrected chi connectivity index (χ2v) is 8.75. The van der Waals surface area contributed by atoms with E-state index in [1.807, 2.05) is 6.92 Å². The molecule has 2 N–H and O–H groups in total. The Bertz CT molecular complexity index is 1130. The van der Waals surface area contributed by atoms with Crippen molar-refractivity contribution in [1.82, 2.24) is 10.4 Å². The molecule has 1 heterocycles. The van der Waals surface area contributed by atoms with Crippen molar-refractivity contribution in [2.45, 2.75) is 13.3 Å². The monoisotopic (exact) mass is 474 g/mol. The number of benzene rings is 2. The van der Waals surface area contributed by atoms with Crippen LogP contribution < -0.4 is 10.2 Å². The normalized spacial score (nSPS) is 14.8. The number of halogens is 1. The van der Waals surface area contributed by atoms with Gasteiger partial charge in [-0.1, -0.05) is 35.5 Å². The van der Waals surface area contributed by atoms with Crippen molar-refractivity contribution in [2.75, 3.05) is 7.11 Å². The largest absolute Gasteiger partial charge is 0.504 e. The number of aromatic hydroxyl groups is 1. The Morgan fingerprint density at radius 3 is 2.77 bits per heavy atom. The number of hydrogen-bond donors (Lipinski definition) is 2. The van der Waals surface area contributed by atoms with E-state index in [0.717, 1.165) is 22.3 Å². The van der Waals surface area contributed by atoms with Gasteiger partial charge in [-0.15, -0.1) is 6.58 Å². The summed E-state index contributed by atoms with van der Waals surface area (Å²) in [6, 6.07) is 8.35. The molecule has 0 atom stereocenters. The lowest BCUT2D eigenvalue weighted by Crippen LogP contribution is -2.44. The van der Waals surface area contributed by atoms with Crippen LogP contribution in [0, 0.1) is 6.92 Å². The van der Waals surface area contributed by atoms with Crippen LogP contribution in [-0.2, 0) is 11.2 Å². The predicted molar refractivity (Wildman–Crippen MR) is 127 cm³/mol. The number of phenolic OH excluding ortho intramolecular Hbond substituents is 1. The molecule has 0 spiro atoms. The van der Waals surface area contributed by atoms with Crippen molar-refractivity contribution >= 4 is 57.8 Å². The average Bonchev–Trinajstić information content (AvgIpc) is 2.97. The summed E-state index contributed by atoms with van der Waals surface area (Å²) in [5.74, 6) is -0.705. The van der Waals surface area contributed by atoms with Gasteiger partial charge in [0, 0.05) is 5.56 Å². The maximum absolute atomic E-state index is 12.9. The highest BCUT2D eigenvalue weighted by Crippen LogP contribution is 2.36. The van der Waals surface area contributed by atoms with Crippen molar-refractivity contribution in [3.63, 3.8) is 0 Å². The van der Waals surface area contributed by atoms with Crippen molar-refractivity contribution in [3.05, 3.63) is 75.2 Å². The van der Waals surface area contributed by atoms with Crippen LogP contribution >= 0.6 is 35.6 Å². The van der Waals surface area contributed by atoms with Gasteiger partial charge in [0.2, 0.25) is 0 Å². The van der Waals surface area contributed by atoms with Crippen LogP contribution in [0.3, 0.4) is 0 Å². The molecular weight excluding hydrogens is 456 g/mol. The highest BCUT2D eigenvalue weighted by molar-refractivity contribution is 8.26. The van der Waals surface area contributed by atoms with E-state index in [1.165, 1.54) is 7.11 Å². The SMILES string of the molecule is C=CCc1cc(/C=C2\SC(=S)N(NC(=O)c3ccc(C)cc3Cl)C2=O)cc(OC)c1O. The summed E-state index contributed by atoms with van der Waals surface area (Å²) in [5.41, 5.74) is 4.91. The second-order valence-electron chi connectivity index (χ2n) is 6.67. The van der Waals surface area contributed by atoms with Gasteiger partial charge in [0.1, 0.15) is 0 Å². The fraction of sp³-hybridized carbons (Fsp3) is 0.136. The Labute approximate surface area is 194 Å². The number of phenols is 1. The quantitative estimate of drug-likeness (QED) is 0.361. The van der Waals surface area contributed by atoms with Crippen molar-refractivity contribution in [3.8, 4) is 11.5 Å². The van der Waals surface area contributed by atoms with Crippen LogP contribution in [0.5, 0.6) is 11.5 Å². The number of amides is 2. The molecule has 1 saturated heterocycles. The third-order valence-electron chi connectivity index (χ3n) is 4.43. The van der Waals surface area contributed by atoms with Crippen LogP contribution in [0.1, 0.15) is 27.0 Å². The Hall–Kier alpha value is -2.81. The van der Waals surface area contributed by atoms with Gasteiger partial charge in [0.15, 0.2) is 15.8 Å². The first-order valence-electron chi connectivity index (χ1n) is 9.11. The van der Waals surface area contributed by atoms with Crippen LogP contribution in [0.15, 0.2) is 47.9 Å². The summed E-state index contributed by atoms with van der Waals surface area (Å²) in [6.45, 7) is 5.54. The van der Waals surface area contributed by atoms with Gasteiger partial charge in [-0.05, 0) is 67.0 Å². The smallest absolute Gasteiger partial charge is 0.285 e.